The van der Waals surface area contributed by atoms with Crippen LogP contribution in [-0.4, -0.2) is 4.98 Å². The van der Waals surface area contributed by atoms with Crippen LogP contribution in [0.3, 0.4) is 0 Å². The van der Waals surface area contributed by atoms with Crippen molar-refractivity contribution in [3.05, 3.63) is 53.4 Å². The molecule has 0 aliphatic rings. The maximum Gasteiger partial charge on any atom is 0.151 e. The van der Waals surface area contributed by atoms with Crippen LogP contribution in [-0.2, 0) is 6.54 Å². The van der Waals surface area contributed by atoms with Crippen LogP contribution in [0, 0.1) is 18.6 Å². The highest BCUT2D eigenvalue weighted by Gasteiger charge is 2.10. The summed E-state index contributed by atoms with van der Waals surface area (Å²) in [5.74, 6) is -1.39. The molecule has 0 spiro atoms. The molecule has 0 saturated heterocycles. The Morgan fingerprint density at radius 2 is 1.94 bits per heavy atom. The van der Waals surface area contributed by atoms with Crippen LogP contribution < -0.4 is 11.1 Å². The van der Waals surface area contributed by atoms with Crippen molar-refractivity contribution in [3.63, 3.8) is 0 Å². The van der Waals surface area contributed by atoms with E-state index >= 15 is 0 Å². The molecule has 2 rings (SSSR count). The Balaban J connectivity index is 2.19. The molecule has 3 nitrogen and oxygen atoms in total. The number of nitrogens with two attached hydrogens (primary N) is 1. The second-order valence-corrected chi connectivity index (χ2v) is 4.02. The summed E-state index contributed by atoms with van der Waals surface area (Å²) < 4.78 is 27.0. The highest BCUT2D eigenvalue weighted by Crippen LogP contribution is 2.22. The zero-order valence-electron chi connectivity index (χ0n) is 9.87. The fourth-order valence-electron chi connectivity index (χ4n) is 1.65. The zero-order chi connectivity index (χ0) is 13.1. The monoisotopic (exact) mass is 249 g/mol. The van der Waals surface area contributed by atoms with E-state index in [2.05, 4.69) is 10.3 Å². The summed E-state index contributed by atoms with van der Waals surface area (Å²) in [7, 11) is 0. The standard InChI is InChI=1S/C13H13F2N3/c1-8-6-17-3-2-9(8)7-18-13-11(14)4-10(16)5-12(13)15/h2-6,18H,7,16H2,1H3. The van der Waals surface area contributed by atoms with Gasteiger partial charge in [0.25, 0.3) is 0 Å². The predicted molar refractivity (Wildman–Crippen MR) is 67.1 cm³/mol. The maximum absolute atomic E-state index is 13.5. The van der Waals surface area contributed by atoms with Gasteiger partial charge >= 0.3 is 0 Å². The molecule has 0 fully saturated rings. The first kappa shape index (κ1) is 12.3. The van der Waals surface area contributed by atoms with E-state index in [0.29, 0.717) is 6.54 Å². The summed E-state index contributed by atoms with van der Waals surface area (Å²) in [5.41, 5.74) is 7.13. The minimum absolute atomic E-state index is 0.0654. The number of nitrogens with one attached hydrogen (secondary N) is 1. The van der Waals surface area contributed by atoms with E-state index in [1.54, 1.807) is 18.5 Å². The first-order chi connectivity index (χ1) is 8.58. The quantitative estimate of drug-likeness (QED) is 0.822. The van der Waals surface area contributed by atoms with Crippen molar-refractivity contribution in [3.8, 4) is 0 Å². The lowest BCUT2D eigenvalue weighted by Gasteiger charge is -2.11. The van der Waals surface area contributed by atoms with E-state index in [0.717, 1.165) is 23.3 Å². The summed E-state index contributed by atoms with van der Waals surface area (Å²) in [6.45, 7) is 2.21. The molecule has 5 heteroatoms. The second kappa shape index (κ2) is 5.00. The van der Waals surface area contributed by atoms with Crippen LogP contribution in [0.1, 0.15) is 11.1 Å². The first-order valence-electron chi connectivity index (χ1n) is 5.46. The number of halogens is 2. The van der Waals surface area contributed by atoms with Gasteiger partial charge in [-0.15, -0.1) is 0 Å². The number of hydrogen-bond donors (Lipinski definition) is 2. The molecule has 94 valence electrons. The van der Waals surface area contributed by atoms with Crippen LogP contribution >= 0.6 is 0 Å². The van der Waals surface area contributed by atoms with E-state index in [1.165, 1.54) is 0 Å². The van der Waals surface area contributed by atoms with Crippen molar-refractivity contribution in [1.82, 2.24) is 4.98 Å². The largest absolute Gasteiger partial charge is 0.399 e. The van der Waals surface area contributed by atoms with Gasteiger partial charge in [-0.2, -0.15) is 0 Å². The summed E-state index contributed by atoms with van der Waals surface area (Å²) >= 11 is 0. The summed E-state index contributed by atoms with van der Waals surface area (Å²) in [6, 6.07) is 3.98. The molecular formula is C13H13F2N3. The molecule has 0 bridgehead atoms. The number of pyridine rings is 1. The van der Waals surface area contributed by atoms with Crippen LogP contribution in [0.4, 0.5) is 20.2 Å². The Morgan fingerprint density at radius 1 is 1.28 bits per heavy atom. The lowest BCUT2D eigenvalue weighted by molar-refractivity contribution is 0.589. The minimum atomic E-state index is -0.695. The maximum atomic E-state index is 13.5. The molecule has 18 heavy (non-hydrogen) atoms. The van der Waals surface area contributed by atoms with Crippen molar-refractivity contribution in [1.29, 1.82) is 0 Å². The molecular weight excluding hydrogens is 236 g/mol. The molecule has 0 unspecified atom stereocenters. The van der Waals surface area contributed by atoms with Gasteiger partial charge in [-0.1, -0.05) is 0 Å². The van der Waals surface area contributed by atoms with Gasteiger partial charge < -0.3 is 11.1 Å². The van der Waals surface area contributed by atoms with Gasteiger partial charge in [0.15, 0.2) is 11.6 Å². The fraction of sp³-hybridized carbons (Fsp3) is 0.154. The van der Waals surface area contributed by atoms with Crippen LogP contribution in [0.15, 0.2) is 30.6 Å². The molecule has 0 atom stereocenters. The van der Waals surface area contributed by atoms with E-state index in [9.17, 15) is 8.78 Å². The number of hydrogen-bond acceptors (Lipinski definition) is 3. The normalized spacial score (nSPS) is 10.4. The van der Waals surface area contributed by atoms with Crippen molar-refractivity contribution in [2.24, 2.45) is 0 Å². The van der Waals surface area contributed by atoms with E-state index in [4.69, 9.17) is 5.73 Å². The van der Waals surface area contributed by atoms with Crippen molar-refractivity contribution >= 4 is 11.4 Å². The van der Waals surface area contributed by atoms with Crippen LogP contribution in [0.5, 0.6) is 0 Å². The Hall–Kier alpha value is -2.17. The number of benzene rings is 1. The highest BCUT2D eigenvalue weighted by molar-refractivity contribution is 5.54. The molecule has 0 amide bonds. The Labute approximate surface area is 104 Å². The lowest BCUT2D eigenvalue weighted by atomic mass is 10.1. The number of nitrogen functional groups attached to an aromatic ring is 1. The van der Waals surface area contributed by atoms with Gasteiger partial charge in [0, 0.05) is 24.6 Å². The van der Waals surface area contributed by atoms with E-state index < -0.39 is 11.6 Å². The second-order valence-electron chi connectivity index (χ2n) is 4.02. The predicted octanol–water partition coefficient (Wildman–Crippen LogP) is 2.86. The van der Waals surface area contributed by atoms with E-state index in [-0.39, 0.29) is 11.4 Å². The minimum Gasteiger partial charge on any atom is -0.399 e. The fourth-order valence-corrected chi connectivity index (χ4v) is 1.65. The highest BCUT2D eigenvalue weighted by atomic mass is 19.1. The third kappa shape index (κ3) is 2.56. The van der Waals surface area contributed by atoms with E-state index in [1.807, 2.05) is 6.92 Å². The molecule has 0 aliphatic carbocycles. The number of aryl methyl sites for hydroxylation is 1. The third-order valence-electron chi connectivity index (χ3n) is 2.66. The number of rotatable bonds is 3. The molecule has 1 aromatic carbocycles. The first-order valence-corrected chi connectivity index (χ1v) is 5.46. The van der Waals surface area contributed by atoms with Crippen molar-refractivity contribution in [2.75, 3.05) is 11.1 Å². The molecule has 2 aromatic rings. The molecule has 1 heterocycles. The van der Waals surface area contributed by atoms with Crippen LogP contribution in [0.25, 0.3) is 0 Å². The average Bonchev–Trinajstić information content (AvgIpc) is 2.30. The number of nitrogens with zero attached hydrogens (tertiary/aromatic N) is 1. The van der Waals surface area contributed by atoms with Gasteiger partial charge in [-0.25, -0.2) is 8.78 Å². The van der Waals surface area contributed by atoms with Crippen LogP contribution in [0.2, 0.25) is 0 Å². The smallest absolute Gasteiger partial charge is 0.151 e. The zero-order valence-corrected chi connectivity index (χ0v) is 9.87. The van der Waals surface area contributed by atoms with Gasteiger partial charge in [0.1, 0.15) is 5.69 Å². The average molecular weight is 249 g/mol. The Kier molecular flexibility index (Phi) is 3.41. The van der Waals surface area contributed by atoms with Gasteiger partial charge in [0.05, 0.1) is 0 Å². The number of anilines is 2. The molecule has 0 saturated carbocycles. The SMILES string of the molecule is Cc1cnccc1CNc1c(F)cc(N)cc1F. The Bertz CT molecular complexity index is 547. The van der Waals surface area contributed by atoms with Crippen molar-refractivity contribution < 1.29 is 8.78 Å². The Morgan fingerprint density at radius 3 is 2.56 bits per heavy atom. The van der Waals surface area contributed by atoms with Gasteiger partial charge in [-0.05, 0) is 36.2 Å². The summed E-state index contributed by atoms with van der Waals surface area (Å²) in [5, 5.41) is 2.73. The molecule has 0 radical (unpaired) electrons. The van der Waals surface area contributed by atoms with Gasteiger partial charge in [0.2, 0.25) is 0 Å². The topological polar surface area (TPSA) is 50.9 Å². The number of aromatic nitrogens is 1. The molecule has 3 N–H and O–H groups in total. The van der Waals surface area contributed by atoms with Crippen molar-refractivity contribution in [2.45, 2.75) is 13.5 Å². The summed E-state index contributed by atoms with van der Waals surface area (Å²) in [6.07, 6.45) is 3.34. The van der Waals surface area contributed by atoms with Gasteiger partial charge in [-0.3, -0.25) is 4.98 Å². The molecule has 1 aromatic heterocycles. The lowest BCUT2D eigenvalue weighted by Crippen LogP contribution is -2.06. The summed E-state index contributed by atoms with van der Waals surface area (Å²) in [4.78, 5) is 3.95. The molecule has 0 aliphatic heterocycles. The third-order valence-corrected chi connectivity index (χ3v) is 2.66.